The lowest BCUT2D eigenvalue weighted by Gasteiger charge is -2.12. The lowest BCUT2D eigenvalue weighted by Crippen LogP contribution is -2.06. The summed E-state index contributed by atoms with van der Waals surface area (Å²) in [6.45, 7) is 0. The molecule has 8 nitrogen and oxygen atoms in total. The summed E-state index contributed by atoms with van der Waals surface area (Å²) in [7, 11) is 0. The molecular formula is C53H31N7O. The van der Waals surface area contributed by atoms with E-state index in [0.29, 0.717) is 29.1 Å². The van der Waals surface area contributed by atoms with Crippen molar-refractivity contribution in [3.63, 3.8) is 0 Å². The number of nitrogens with zero attached hydrogens (tertiary/aromatic N) is 7. The Morgan fingerprint density at radius 1 is 0.377 bits per heavy atom. The summed E-state index contributed by atoms with van der Waals surface area (Å²) in [4.78, 5) is 26.3. The van der Waals surface area contributed by atoms with Crippen molar-refractivity contribution in [2.24, 2.45) is 0 Å². The number of furan rings is 1. The maximum atomic E-state index is 6.58. The van der Waals surface area contributed by atoms with Crippen molar-refractivity contribution in [2.75, 3.05) is 0 Å². The summed E-state index contributed by atoms with van der Waals surface area (Å²) >= 11 is 0. The van der Waals surface area contributed by atoms with Gasteiger partial charge in [-0.2, -0.15) is 9.97 Å². The normalized spacial score (nSPS) is 11.9. The van der Waals surface area contributed by atoms with Crippen LogP contribution in [0.2, 0.25) is 0 Å². The maximum Gasteiger partial charge on any atom is 0.238 e. The van der Waals surface area contributed by atoms with Gasteiger partial charge in [0.1, 0.15) is 16.8 Å². The topological polar surface area (TPSA) is 87.5 Å². The van der Waals surface area contributed by atoms with Crippen molar-refractivity contribution < 1.29 is 4.42 Å². The molecule has 0 amide bonds. The smallest absolute Gasteiger partial charge is 0.238 e. The van der Waals surface area contributed by atoms with Gasteiger partial charge in [-0.05, 0) is 47.2 Å². The fourth-order valence-corrected chi connectivity index (χ4v) is 9.04. The van der Waals surface area contributed by atoms with Crippen molar-refractivity contribution in [1.29, 1.82) is 0 Å². The summed E-state index contributed by atoms with van der Waals surface area (Å²) < 4.78 is 11.0. The molecule has 13 rings (SSSR count). The number of benzene rings is 8. The number of fused-ring (bicyclic) bond motifs is 11. The quantitative estimate of drug-likeness (QED) is 0.173. The Bertz CT molecular complexity index is 3830. The van der Waals surface area contributed by atoms with Gasteiger partial charge in [-0.3, -0.25) is 9.13 Å². The van der Waals surface area contributed by atoms with Crippen LogP contribution in [0.1, 0.15) is 0 Å². The second-order valence-corrected chi connectivity index (χ2v) is 15.3. The molecule has 0 spiro atoms. The number of para-hydroxylation sites is 3. The molecule has 0 aliphatic rings. The predicted molar refractivity (Wildman–Crippen MR) is 245 cm³/mol. The fraction of sp³-hybridized carbons (Fsp3) is 0. The van der Waals surface area contributed by atoms with Crippen LogP contribution in [0.5, 0.6) is 0 Å². The zero-order chi connectivity index (χ0) is 40.0. The van der Waals surface area contributed by atoms with Gasteiger partial charge in [0.2, 0.25) is 11.9 Å². The Morgan fingerprint density at radius 3 is 1.74 bits per heavy atom. The average molecular weight is 782 g/mol. The van der Waals surface area contributed by atoms with E-state index < -0.39 is 0 Å². The fourth-order valence-electron chi connectivity index (χ4n) is 9.04. The van der Waals surface area contributed by atoms with Gasteiger partial charge in [0, 0.05) is 43.6 Å². The zero-order valence-electron chi connectivity index (χ0n) is 32.4. The van der Waals surface area contributed by atoms with E-state index in [1.165, 1.54) is 0 Å². The summed E-state index contributed by atoms with van der Waals surface area (Å²) in [5, 5.41) is 7.50. The van der Waals surface area contributed by atoms with Crippen LogP contribution in [0, 0.1) is 0 Å². The highest BCUT2D eigenvalue weighted by Crippen LogP contribution is 2.43. The van der Waals surface area contributed by atoms with Crippen LogP contribution < -0.4 is 0 Å². The van der Waals surface area contributed by atoms with Gasteiger partial charge in [0.05, 0.1) is 22.1 Å². The van der Waals surface area contributed by atoms with E-state index in [0.717, 1.165) is 93.3 Å². The molecule has 0 aliphatic carbocycles. The average Bonchev–Trinajstić information content (AvgIpc) is 3.99. The summed E-state index contributed by atoms with van der Waals surface area (Å²) in [6.07, 6.45) is 0. The lowest BCUT2D eigenvalue weighted by atomic mass is 10.0. The summed E-state index contributed by atoms with van der Waals surface area (Å²) in [5.41, 5.74) is 9.59. The van der Waals surface area contributed by atoms with E-state index in [9.17, 15) is 0 Å². The third-order valence-electron chi connectivity index (χ3n) is 11.8. The highest BCUT2D eigenvalue weighted by Gasteiger charge is 2.25. The van der Waals surface area contributed by atoms with E-state index in [1.807, 2.05) is 78.9 Å². The van der Waals surface area contributed by atoms with Crippen LogP contribution in [0.4, 0.5) is 0 Å². The number of hydrogen-bond donors (Lipinski definition) is 0. The minimum absolute atomic E-state index is 0.532. The highest BCUT2D eigenvalue weighted by atomic mass is 16.3. The van der Waals surface area contributed by atoms with E-state index in [-0.39, 0.29) is 0 Å². The van der Waals surface area contributed by atoms with Crippen LogP contribution >= 0.6 is 0 Å². The van der Waals surface area contributed by atoms with E-state index in [1.54, 1.807) is 0 Å². The number of aromatic nitrogens is 7. The molecule has 8 heteroatoms. The zero-order valence-corrected chi connectivity index (χ0v) is 32.4. The molecule has 0 bridgehead atoms. The number of hydrogen-bond acceptors (Lipinski definition) is 6. The molecule has 0 saturated carbocycles. The van der Waals surface area contributed by atoms with Gasteiger partial charge in [-0.25, -0.2) is 15.0 Å². The van der Waals surface area contributed by atoms with Crippen LogP contribution in [0.25, 0.3) is 122 Å². The summed E-state index contributed by atoms with van der Waals surface area (Å²) in [6, 6.07) is 64.5. The summed E-state index contributed by atoms with van der Waals surface area (Å²) in [5.74, 6) is 2.28. The van der Waals surface area contributed by atoms with E-state index in [2.05, 4.69) is 118 Å². The Morgan fingerprint density at radius 2 is 0.984 bits per heavy atom. The van der Waals surface area contributed by atoms with Gasteiger partial charge in [-0.15, -0.1) is 0 Å². The second-order valence-electron chi connectivity index (χ2n) is 15.3. The minimum Gasteiger partial charge on any atom is -0.452 e. The molecule has 0 atom stereocenters. The monoisotopic (exact) mass is 781 g/mol. The van der Waals surface area contributed by atoms with Crippen molar-refractivity contribution >= 4 is 76.5 Å². The lowest BCUT2D eigenvalue weighted by molar-refractivity contribution is 0.666. The van der Waals surface area contributed by atoms with Crippen LogP contribution in [0.3, 0.4) is 0 Å². The van der Waals surface area contributed by atoms with Gasteiger partial charge < -0.3 is 4.42 Å². The first kappa shape index (κ1) is 33.5. The molecule has 0 unspecified atom stereocenters. The van der Waals surface area contributed by atoms with Gasteiger partial charge in [0.25, 0.3) is 0 Å². The predicted octanol–water partition coefficient (Wildman–Crippen LogP) is 12.9. The van der Waals surface area contributed by atoms with Crippen molar-refractivity contribution in [1.82, 2.24) is 34.1 Å². The molecule has 0 fully saturated rings. The third-order valence-corrected chi connectivity index (χ3v) is 11.8. The van der Waals surface area contributed by atoms with Gasteiger partial charge in [-0.1, -0.05) is 152 Å². The highest BCUT2D eigenvalue weighted by molar-refractivity contribution is 6.26. The SMILES string of the molecule is c1ccc(-c2nc(-c3ccccc3)nc(-n3c4ccccc4c4ccc5c(c6ccccc6n5-c5nc(-c6ccc7ccccc7c6)c6oc7ccccc7c6n5)c43)n2)cc1. The van der Waals surface area contributed by atoms with Crippen molar-refractivity contribution in [3.05, 3.63) is 188 Å². The molecule has 13 aromatic rings. The Hall–Kier alpha value is -8.49. The molecular weight excluding hydrogens is 751 g/mol. The molecule has 5 aromatic heterocycles. The van der Waals surface area contributed by atoms with Crippen molar-refractivity contribution in [3.8, 4) is 45.9 Å². The standard InChI is InChI=1S/C53H31N7O/c1-3-16-33(17-4-1)50-56-51(34-18-5-2-6-19-34)58-53(57-50)60-41-24-12-9-21-37(41)38-29-30-43-45(48(38)60)39-22-10-13-25-42(39)59(43)52-54-46(36-28-27-32-15-7-8-20-35(32)31-36)49-47(55-52)40-23-11-14-26-44(40)61-49/h1-31H. The van der Waals surface area contributed by atoms with Crippen LogP contribution in [-0.2, 0) is 0 Å². The Labute approximate surface area is 347 Å². The third kappa shape index (κ3) is 5.09. The maximum absolute atomic E-state index is 6.58. The largest absolute Gasteiger partial charge is 0.452 e. The Kier molecular flexibility index (Phi) is 7.14. The molecule has 284 valence electrons. The molecule has 0 radical (unpaired) electrons. The first-order valence-corrected chi connectivity index (χ1v) is 20.3. The molecule has 0 saturated heterocycles. The van der Waals surface area contributed by atoms with Crippen molar-refractivity contribution in [2.45, 2.75) is 0 Å². The van der Waals surface area contributed by atoms with Crippen LogP contribution in [-0.4, -0.2) is 34.1 Å². The molecule has 0 aliphatic heterocycles. The first-order chi connectivity index (χ1) is 30.2. The van der Waals surface area contributed by atoms with E-state index >= 15 is 0 Å². The number of rotatable bonds is 5. The molecule has 61 heavy (non-hydrogen) atoms. The first-order valence-electron chi connectivity index (χ1n) is 20.3. The minimum atomic E-state index is 0.532. The molecule has 0 N–H and O–H groups in total. The van der Waals surface area contributed by atoms with Gasteiger partial charge in [0.15, 0.2) is 17.2 Å². The Balaban J connectivity index is 1.14. The van der Waals surface area contributed by atoms with Gasteiger partial charge >= 0.3 is 0 Å². The van der Waals surface area contributed by atoms with E-state index in [4.69, 9.17) is 29.3 Å². The molecule has 8 aromatic carbocycles. The second kappa shape index (κ2) is 13.0. The molecule has 5 heterocycles. The van der Waals surface area contributed by atoms with Crippen LogP contribution in [0.15, 0.2) is 192 Å².